The van der Waals surface area contributed by atoms with Crippen LogP contribution in [0.5, 0.6) is 0 Å². The van der Waals surface area contributed by atoms with Crippen LogP contribution in [0.15, 0.2) is 24.3 Å². The number of alkyl carbamates (subject to hydrolysis) is 1. The summed E-state index contributed by atoms with van der Waals surface area (Å²) in [6.07, 6.45) is -0.499. The Morgan fingerprint density at radius 2 is 2.15 bits per heavy atom. The van der Waals surface area contributed by atoms with Crippen molar-refractivity contribution in [2.75, 3.05) is 39.8 Å². The zero-order valence-corrected chi connectivity index (χ0v) is 11.6. The molecule has 0 saturated carbocycles. The van der Waals surface area contributed by atoms with E-state index in [1.54, 1.807) is 12.1 Å². The summed E-state index contributed by atoms with van der Waals surface area (Å²) in [7, 11) is 1.32. The Morgan fingerprint density at radius 1 is 1.45 bits per heavy atom. The molecule has 0 spiro atoms. The lowest BCUT2D eigenvalue weighted by molar-refractivity contribution is 0.148. The van der Waals surface area contributed by atoms with Crippen LogP contribution in [0, 0.1) is 5.82 Å². The SMILES string of the molecule is COC(=O)NCC(c1ccccc1F)N1CCNCC1. The zero-order valence-electron chi connectivity index (χ0n) is 11.6. The summed E-state index contributed by atoms with van der Waals surface area (Å²) in [4.78, 5) is 13.4. The summed E-state index contributed by atoms with van der Waals surface area (Å²) in [5, 5.41) is 5.93. The molecule has 0 aromatic heterocycles. The van der Waals surface area contributed by atoms with Crippen LogP contribution in [0.4, 0.5) is 9.18 Å². The number of rotatable bonds is 4. The van der Waals surface area contributed by atoms with Gasteiger partial charge >= 0.3 is 6.09 Å². The normalized spacial score (nSPS) is 17.5. The van der Waals surface area contributed by atoms with Crippen LogP contribution in [0.2, 0.25) is 0 Å². The molecule has 1 saturated heterocycles. The maximum atomic E-state index is 14.0. The zero-order chi connectivity index (χ0) is 14.4. The van der Waals surface area contributed by atoms with E-state index in [1.807, 2.05) is 6.07 Å². The Morgan fingerprint density at radius 3 is 2.80 bits per heavy atom. The van der Waals surface area contributed by atoms with Crippen molar-refractivity contribution in [2.45, 2.75) is 6.04 Å². The number of methoxy groups -OCH3 is 1. The number of amides is 1. The smallest absolute Gasteiger partial charge is 0.406 e. The molecule has 0 aliphatic carbocycles. The number of ether oxygens (including phenoxy) is 1. The van der Waals surface area contributed by atoms with Crippen molar-refractivity contribution in [3.8, 4) is 0 Å². The summed E-state index contributed by atoms with van der Waals surface area (Å²) in [6.45, 7) is 3.70. The molecule has 1 aliphatic rings. The Kier molecular flexibility index (Phi) is 5.31. The fraction of sp³-hybridized carbons (Fsp3) is 0.500. The third kappa shape index (κ3) is 3.68. The van der Waals surface area contributed by atoms with Crippen molar-refractivity contribution in [3.63, 3.8) is 0 Å². The molecule has 5 nitrogen and oxygen atoms in total. The first-order chi connectivity index (χ1) is 9.72. The molecule has 1 atom stereocenters. The number of piperazine rings is 1. The number of carbonyl (C=O) groups excluding carboxylic acids is 1. The number of halogens is 1. The van der Waals surface area contributed by atoms with Crippen LogP contribution in [-0.2, 0) is 4.74 Å². The number of hydrogen-bond donors (Lipinski definition) is 2. The third-order valence-electron chi connectivity index (χ3n) is 3.48. The monoisotopic (exact) mass is 281 g/mol. The summed E-state index contributed by atoms with van der Waals surface area (Å²) >= 11 is 0. The van der Waals surface area contributed by atoms with Gasteiger partial charge in [-0.05, 0) is 6.07 Å². The van der Waals surface area contributed by atoms with Gasteiger partial charge in [0.15, 0.2) is 0 Å². The van der Waals surface area contributed by atoms with E-state index < -0.39 is 6.09 Å². The molecule has 110 valence electrons. The summed E-state index contributed by atoms with van der Waals surface area (Å²) < 4.78 is 18.6. The van der Waals surface area contributed by atoms with E-state index in [-0.39, 0.29) is 11.9 Å². The minimum atomic E-state index is -0.499. The Hall–Kier alpha value is -1.66. The van der Waals surface area contributed by atoms with Crippen molar-refractivity contribution in [3.05, 3.63) is 35.6 Å². The molecule has 1 aliphatic heterocycles. The molecule has 0 bridgehead atoms. The van der Waals surface area contributed by atoms with Gasteiger partial charge in [-0.15, -0.1) is 0 Å². The second-order valence-electron chi connectivity index (χ2n) is 4.70. The summed E-state index contributed by atoms with van der Waals surface area (Å²) in [5.74, 6) is -0.248. The van der Waals surface area contributed by atoms with Crippen LogP contribution >= 0.6 is 0 Å². The maximum Gasteiger partial charge on any atom is 0.406 e. The predicted molar refractivity (Wildman–Crippen MR) is 74.0 cm³/mol. The number of hydrogen-bond acceptors (Lipinski definition) is 4. The van der Waals surface area contributed by atoms with Crippen molar-refractivity contribution in [2.24, 2.45) is 0 Å². The van der Waals surface area contributed by atoms with Gasteiger partial charge in [-0.1, -0.05) is 18.2 Å². The second-order valence-corrected chi connectivity index (χ2v) is 4.70. The third-order valence-corrected chi connectivity index (χ3v) is 3.48. The highest BCUT2D eigenvalue weighted by Gasteiger charge is 2.24. The lowest BCUT2D eigenvalue weighted by atomic mass is 10.0. The van der Waals surface area contributed by atoms with Gasteiger partial charge in [-0.2, -0.15) is 0 Å². The average Bonchev–Trinajstić information content (AvgIpc) is 2.50. The van der Waals surface area contributed by atoms with Crippen molar-refractivity contribution >= 4 is 6.09 Å². The molecule has 1 heterocycles. The predicted octanol–water partition coefficient (Wildman–Crippen LogP) is 1.13. The lowest BCUT2D eigenvalue weighted by Gasteiger charge is -2.35. The highest BCUT2D eigenvalue weighted by Crippen LogP contribution is 2.23. The minimum absolute atomic E-state index is 0.183. The highest BCUT2D eigenvalue weighted by atomic mass is 19.1. The van der Waals surface area contributed by atoms with E-state index in [2.05, 4.69) is 20.3 Å². The Labute approximate surface area is 118 Å². The van der Waals surface area contributed by atoms with Crippen LogP contribution < -0.4 is 10.6 Å². The number of carbonyl (C=O) groups is 1. The molecule has 2 rings (SSSR count). The molecule has 1 aromatic rings. The molecular weight excluding hydrogens is 261 g/mol. The van der Waals surface area contributed by atoms with Gasteiger partial charge in [0.2, 0.25) is 0 Å². The lowest BCUT2D eigenvalue weighted by Crippen LogP contribution is -2.48. The van der Waals surface area contributed by atoms with Crippen LogP contribution in [0.3, 0.4) is 0 Å². The van der Waals surface area contributed by atoms with Crippen LogP contribution in [0.1, 0.15) is 11.6 Å². The number of nitrogens with zero attached hydrogens (tertiary/aromatic N) is 1. The number of nitrogens with one attached hydrogen (secondary N) is 2. The van der Waals surface area contributed by atoms with Gasteiger partial charge in [-0.3, -0.25) is 4.90 Å². The average molecular weight is 281 g/mol. The van der Waals surface area contributed by atoms with Crippen molar-refractivity contribution in [1.82, 2.24) is 15.5 Å². The van der Waals surface area contributed by atoms with E-state index in [0.29, 0.717) is 12.1 Å². The van der Waals surface area contributed by atoms with E-state index in [0.717, 1.165) is 26.2 Å². The minimum Gasteiger partial charge on any atom is -0.453 e. The van der Waals surface area contributed by atoms with Gasteiger partial charge in [-0.25, -0.2) is 9.18 Å². The van der Waals surface area contributed by atoms with E-state index >= 15 is 0 Å². The van der Waals surface area contributed by atoms with Crippen molar-refractivity contribution < 1.29 is 13.9 Å². The van der Waals surface area contributed by atoms with E-state index in [9.17, 15) is 9.18 Å². The Balaban J connectivity index is 2.14. The van der Waals surface area contributed by atoms with Crippen molar-refractivity contribution in [1.29, 1.82) is 0 Å². The van der Waals surface area contributed by atoms with Gasteiger partial charge < -0.3 is 15.4 Å². The highest BCUT2D eigenvalue weighted by molar-refractivity contribution is 5.66. The molecule has 2 N–H and O–H groups in total. The van der Waals surface area contributed by atoms with Gasteiger partial charge in [0.1, 0.15) is 5.82 Å². The topological polar surface area (TPSA) is 53.6 Å². The first-order valence-corrected chi connectivity index (χ1v) is 6.73. The molecule has 1 fully saturated rings. The van der Waals surface area contributed by atoms with E-state index in [1.165, 1.54) is 13.2 Å². The molecule has 1 aromatic carbocycles. The summed E-state index contributed by atoms with van der Waals surface area (Å²) in [6, 6.07) is 6.51. The molecule has 1 unspecified atom stereocenters. The fourth-order valence-corrected chi connectivity index (χ4v) is 2.43. The Bertz CT molecular complexity index is 450. The van der Waals surface area contributed by atoms with Gasteiger partial charge in [0.25, 0.3) is 0 Å². The first kappa shape index (κ1) is 14.7. The van der Waals surface area contributed by atoms with Gasteiger partial charge in [0, 0.05) is 38.3 Å². The quantitative estimate of drug-likeness (QED) is 0.868. The standard InChI is InChI=1S/C14H20FN3O2/c1-20-14(19)17-10-13(18-8-6-16-7-9-18)11-4-2-3-5-12(11)15/h2-5,13,16H,6-10H2,1H3,(H,17,19). The molecule has 0 radical (unpaired) electrons. The van der Waals surface area contributed by atoms with Gasteiger partial charge in [0.05, 0.1) is 13.2 Å². The molecule has 20 heavy (non-hydrogen) atoms. The summed E-state index contributed by atoms with van der Waals surface area (Å²) in [5.41, 5.74) is 0.603. The molecule has 1 amide bonds. The molecular formula is C14H20FN3O2. The van der Waals surface area contributed by atoms with Crippen LogP contribution in [0.25, 0.3) is 0 Å². The largest absolute Gasteiger partial charge is 0.453 e. The second kappa shape index (κ2) is 7.21. The fourth-order valence-electron chi connectivity index (χ4n) is 2.43. The van der Waals surface area contributed by atoms with E-state index in [4.69, 9.17) is 0 Å². The molecule has 6 heteroatoms. The van der Waals surface area contributed by atoms with Crippen LogP contribution in [-0.4, -0.2) is 50.8 Å². The number of benzene rings is 1. The maximum absolute atomic E-state index is 14.0. The first-order valence-electron chi connectivity index (χ1n) is 6.73.